The van der Waals surface area contributed by atoms with E-state index in [-0.39, 0.29) is 11.8 Å². The van der Waals surface area contributed by atoms with Crippen LogP contribution in [0.2, 0.25) is 0 Å². The van der Waals surface area contributed by atoms with Crippen molar-refractivity contribution in [2.75, 3.05) is 26.7 Å². The summed E-state index contributed by atoms with van der Waals surface area (Å²) in [5.74, 6) is 2.04. The summed E-state index contributed by atoms with van der Waals surface area (Å²) in [7, 11) is 1.89. The van der Waals surface area contributed by atoms with Crippen molar-refractivity contribution >= 4 is 5.91 Å². The zero-order valence-corrected chi connectivity index (χ0v) is 13.2. The molecule has 6 heteroatoms. The molecule has 2 aliphatic rings. The van der Waals surface area contributed by atoms with Gasteiger partial charge in [-0.3, -0.25) is 9.69 Å². The van der Waals surface area contributed by atoms with Gasteiger partial charge in [0.2, 0.25) is 17.7 Å². The number of hydrogen-bond acceptors (Lipinski definition) is 5. The Balaban J connectivity index is 1.44. The molecule has 0 bridgehead atoms. The largest absolute Gasteiger partial charge is 0.419 e. The van der Waals surface area contributed by atoms with Crippen LogP contribution in [0.25, 0.3) is 11.5 Å². The first-order chi connectivity index (χ1) is 11.2. The van der Waals surface area contributed by atoms with Gasteiger partial charge in [-0.05, 0) is 24.5 Å². The van der Waals surface area contributed by atoms with Crippen LogP contribution < -0.4 is 0 Å². The number of carbonyl (C=O) groups excluding carboxylic acids is 1. The minimum atomic E-state index is 0.130. The molecule has 0 N–H and O–H groups in total. The van der Waals surface area contributed by atoms with Crippen molar-refractivity contribution in [3.05, 3.63) is 36.2 Å². The standard InChI is InChI=1S/C17H20N4O2/c1-20-8-7-13-9-21(10-14(13)17(20)22)11-15-18-19-16(23-15)12-5-3-2-4-6-12/h2-6,13-14H,7-11H2,1H3/t13-,14+/m1/s1. The van der Waals surface area contributed by atoms with Crippen molar-refractivity contribution in [2.24, 2.45) is 11.8 Å². The lowest BCUT2D eigenvalue weighted by Gasteiger charge is -2.30. The maximum atomic E-state index is 12.2. The summed E-state index contributed by atoms with van der Waals surface area (Å²) < 4.78 is 5.77. The topological polar surface area (TPSA) is 62.5 Å². The number of rotatable bonds is 3. The summed E-state index contributed by atoms with van der Waals surface area (Å²) in [5.41, 5.74) is 0.929. The van der Waals surface area contributed by atoms with Gasteiger partial charge in [0.15, 0.2) is 0 Å². The van der Waals surface area contributed by atoms with Gasteiger partial charge in [0, 0.05) is 32.2 Å². The predicted molar refractivity (Wildman–Crippen MR) is 84.2 cm³/mol. The van der Waals surface area contributed by atoms with Gasteiger partial charge in [0.1, 0.15) is 0 Å². The highest BCUT2D eigenvalue weighted by Crippen LogP contribution is 2.32. The molecular formula is C17H20N4O2. The first kappa shape index (κ1) is 14.4. The lowest BCUT2D eigenvalue weighted by Crippen LogP contribution is -2.42. The first-order valence-electron chi connectivity index (χ1n) is 8.06. The van der Waals surface area contributed by atoms with Crippen LogP contribution in [0.4, 0.5) is 0 Å². The monoisotopic (exact) mass is 312 g/mol. The van der Waals surface area contributed by atoms with Gasteiger partial charge < -0.3 is 9.32 Å². The number of benzene rings is 1. The van der Waals surface area contributed by atoms with E-state index in [1.165, 1.54) is 0 Å². The van der Waals surface area contributed by atoms with Crippen molar-refractivity contribution < 1.29 is 9.21 Å². The zero-order valence-electron chi connectivity index (χ0n) is 13.2. The molecule has 2 atom stereocenters. The molecule has 0 saturated carbocycles. The second-order valence-corrected chi connectivity index (χ2v) is 6.48. The minimum absolute atomic E-state index is 0.130. The molecule has 1 aromatic carbocycles. The van der Waals surface area contributed by atoms with Gasteiger partial charge in [-0.2, -0.15) is 0 Å². The lowest BCUT2D eigenvalue weighted by molar-refractivity contribution is -0.137. The zero-order chi connectivity index (χ0) is 15.8. The number of aromatic nitrogens is 2. The normalized spacial score (nSPS) is 24.9. The predicted octanol–water partition coefficient (Wildman–Crippen LogP) is 1.65. The smallest absolute Gasteiger partial charge is 0.247 e. The van der Waals surface area contributed by atoms with Crippen LogP contribution >= 0.6 is 0 Å². The fraction of sp³-hybridized carbons (Fsp3) is 0.471. The minimum Gasteiger partial charge on any atom is -0.419 e. The van der Waals surface area contributed by atoms with Gasteiger partial charge in [-0.1, -0.05) is 18.2 Å². The Morgan fingerprint density at radius 2 is 2.04 bits per heavy atom. The molecule has 1 amide bonds. The fourth-order valence-electron chi connectivity index (χ4n) is 3.62. The van der Waals surface area contributed by atoms with Crippen molar-refractivity contribution in [1.29, 1.82) is 0 Å². The molecule has 120 valence electrons. The summed E-state index contributed by atoms with van der Waals surface area (Å²) in [6.45, 7) is 3.21. The van der Waals surface area contributed by atoms with Crippen molar-refractivity contribution in [3.63, 3.8) is 0 Å². The second kappa shape index (κ2) is 5.77. The Bertz CT molecular complexity index is 700. The number of hydrogen-bond donors (Lipinski definition) is 0. The SMILES string of the molecule is CN1CC[C@@H]2CN(Cc3nnc(-c4ccccc4)o3)C[C@@H]2C1=O. The number of piperidine rings is 1. The highest BCUT2D eigenvalue weighted by atomic mass is 16.4. The number of carbonyl (C=O) groups is 1. The van der Waals surface area contributed by atoms with Gasteiger partial charge in [0.25, 0.3) is 0 Å². The van der Waals surface area contributed by atoms with Crippen LogP contribution in [0.1, 0.15) is 12.3 Å². The summed E-state index contributed by atoms with van der Waals surface area (Å²) >= 11 is 0. The molecule has 2 aliphatic heterocycles. The van der Waals surface area contributed by atoms with E-state index < -0.39 is 0 Å². The molecule has 0 unspecified atom stereocenters. The van der Waals surface area contributed by atoms with E-state index in [1.54, 1.807) is 0 Å². The molecule has 23 heavy (non-hydrogen) atoms. The van der Waals surface area contributed by atoms with E-state index in [0.29, 0.717) is 24.2 Å². The summed E-state index contributed by atoms with van der Waals surface area (Å²) in [5, 5.41) is 8.28. The van der Waals surface area contributed by atoms with Crippen LogP contribution in [0.5, 0.6) is 0 Å². The lowest BCUT2D eigenvalue weighted by atomic mass is 9.88. The molecule has 4 rings (SSSR count). The Morgan fingerprint density at radius 3 is 2.87 bits per heavy atom. The molecule has 2 aromatic rings. The Morgan fingerprint density at radius 1 is 1.22 bits per heavy atom. The molecule has 1 aromatic heterocycles. The van der Waals surface area contributed by atoms with Crippen molar-refractivity contribution in [3.8, 4) is 11.5 Å². The fourth-order valence-corrected chi connectivity index (χ4v) is 3.62. The first-order valence-corrected chi connectivity index (χ1v) is 8.06. The van der Waals surface area contributed by atoms with Crippen molar-refractivity contribution in [2.45, 2.75) is 13.0 Å². The van der Waals surface area contributed by atoms with Gasteiger partial charge in [0.05, 0.1) is 12.5 Å². The van der Waals surface area contributed by atoms with Gasteiger partial charge >= 0.3 is 0 Å². The molecule has 2 saturated heterocycles. The van der Waals surface area contributed by atoms with E-state index in [1.807, 2.05) is 42.3 Å². The van der Waals surface area contributed by atoms with E-state index in [0.717, 1.165) is 31.6 Å². The maximum Gasteiger partial charge on any atom is 0.247 e. The molecule has 0 spiro atoms. The Hall–Kier alpha value is -2.21. The summed E-state index contributed by atoms with van der Waals surface area (Å²) in [4.78, 5) is 16.4. The summed E-state index contributed by atoms with van der Waals surface area (Å²) in [6, 6.07) is 9.77. The highest BCUT2D eigenvalue weighted by Gasteiger charge is 2.41. The van der Waals surface area contributed by atoms with Crippen LogP contribution in [-0.4, -0.2) is 52.6 Å². The van der Waals surface area contributed by atoms with Gasteiger partial charge in [-0.25, -0.2) is 0 Å². The van der Waals surface area contributed by atoms with E-state index >= 15 is 0 Å². The van der Waals surface area contributed by atoms with Crippen molar-refractivity contribution in [1.82, 2.24) is 20.0 Å². The quantitative estimate of drug-likeness (QED) is 0.862. The number of nitrogens with zero attached hydrogens (tertiary/aromatic N) is 4. The maximum absolute atomic E-state index is 12.2. The van der Waals surface area contributed by atoms with E-state index in [2.05, 4.69) is 15.1 Å². The average molecular weight is 312 g/mol. The summed E-state index contributed by atoms with van der Waals surface area (Å²) in [6.07, 6.45) is 1.09. The molecular weight excluding hydrogens is 292 g/mol. The third-order valence-electron chi connectivity index (χ3n) is 4.89. The van der Waals surface area contributed by atoms with Gasteiger partial charge in [-0.15, -0.1) is 10.2 Å². The van der Waals surface area contributed by atoms with Crippen LogP contribution in [0, 0.1) is 11.8 Å². The molecule has 3 heterocycles. The number of likely N-dealkylation sites (tertiary alicyclic amines) is 2. The average Bonchev–Trinajstić information content (AvgIpc) is 3.19. The molecule has 0 radical (unpaired) electrons. The van der Waals surface area contributed by atoms with Crippen LogP contribution in [0.3, 0.4) is 0 Å². The molecule has 6 nitrogen and oxygen atoms in total. The number of amides is 1. The molecule has 2 fully saturated rings. The second-order valence-electron chi connectivity index (χ2n) is 6.48. The third kappa shape index (κ3) is 2.74. The third-order valence-corrected chi connectivity index (χ3v) is 4.89. The molecule has 0 aliphatic carbocycles. The Kier molecular flexibility index (Phi) is 3.61. The van der Waals surface area contributed by atoms with E-state index in [9.17, 15) is 4.79 Å². The van der Waals surface area contributed by atoms with E-state index in [4.69, 9.17) is 4.42 Å². The Labute approximate surface area is 135 Å². The van der Waals surface area contributed by atoms with Crippen LogP contribution in [-0.2, 0) is 11.3 Å². The van der Waals surface area contributed by atoms with Crippen LogP contribution in [0.15, 0.2) is 34.7 Å². The number of fused-ring (bicyclic) bond motifs is 1. The highest BCUT2D eigenvalue weighted by molar-refractivity contribution is 5.80.